The summed E-state index contributed by atoms with van der Waals surface area (Å²) in [6, 6.07) is 3.98. The summed E-state index contributed by atoms with van der Waals surface area (Å²) in [5.74, 6) is 0.891. The topological polar surface area (TPSA) is 69.6 Å². The Morgan fingerprint density at radius 1 is 1.33 bits per heavy atom. The Morgan fingerprint density at radius 3 is 2.72 bits per heavy atom. The Labute approximate surface area is 115 Å². The predicted molar refractivity (Wildman–Crippen MR) is 73.0 cm³/mol. The summed E-state index contributed by atoms with van der Waals surface area (Å²) in [5.41, 5.74) is 7.00. The van der Waals surface area contributed by atoms with Gasteiger partial charge in [0.25, 0.3) is 0 Å². The summed E-state index contributed by atoms with van der Waals surface area (Å²) >= 11 is 3.36. The van der Waals surface area contributed by atoms with Gasteiger partial charge in [-0.3, -0.25) is 4.98 Å². The Balaban J connectivity index is 2.13. The van der Waals surface area contributed by atoms with Crippen LogP contribution in [0.4, 0.5) is 0 Å². The lowest BCUT2D eigenvalue weighted by molar-refractivity contribution is 0.491. The molecule has 2 N–H and O–H groups in total. The number of hydrogen-bond donors (Lipinski definition) is 1. The minimum atomic E-state index is -0.167. The molecule has 0 aliphatic heterocycles. The fraction of sp³-hybridized carbons (Fsp3) is 0.417. The van der Waals surface area contributed by atoms with Crippen molar-refractivity contribution in [3.63, 3.8) is 0 Å². The first kappa shape index (κ1) is 13.2. The molecule has 2 aromatic heterocycles. The molecule has 0 amide bonds. The molecule has 5 nitrogen and oxygen atoms in total. The lowest BCUT2D eigenvalue weighted by Gasteiger charge is -2.13. The van der Waals surface area contributed by atoms with E-state index in [2.05, 4.69) is 44.8 Å². The second kappa shape index (κ2) is 5.58. The summed E-state index contributed by atoms with van der Waals surface area (Å²) < 4.78 is 2.84. The van der Waals surface area contributed by atoms with Gasteiger partial charge in [0.1, 0.15) is 12.2 Å². The van der Waals surface area contributed by atoms with Crippen LogP contribution in [0.3, 0.4) is 0 Å². The van der Waals surface area contributed by atoms with Gasteiger partial charge < -0.3 is 5.73 Å². The maximum atomic E-state index is 6.15. The Kier molecular flexibility index (Phi) is 4.08. The standard InChI is InChI=1S/C12H16BrN5/c1-8(2)18-12(16-7-17-18)5-10(14)11-4-3-9(13)6-15-11/h3-4,6-8,10H,5,14H2,1-2H3. The molecule has 2 aromatic rings. The molecule has 2 rings (SSSR count). The largest absolute Gasteiger partial charge is 0.322 e. The second-order valence-corrected chi connectivity index (χ2v) is 5.34. The summed E-state index contributed by atoms with van der Waals surface area (Å²) in [7, 11) is 0. The molecular weight excluding hydrogens is 294 g/mol. The van der Waals surface area contributed by atoms with E-state index in [1.807, 2.05) is 16.8 Å². The molecule has 0 fully saturated rings. The predicted octanol–water partition coefficient (Wildman–Crippen LogP) is 2.26. The number of halogens is 1. The molecule has 0 aromatic carbocycles. The molecular formula is C12H16BrN5. The third-order valence-electron chi connectivity index (χ3n) is 2.67. The highest BCUT2D eigenvalue weighted by molar-refractivity contribution is 9.10. The van der Waals surface area contributed by atoms with E-state index in [4.69, 9.17) is 5.73 Å². The van der Waals surface area contributed by atoms with E-state index < -0.39 is 0 Å². The van der Waals surface area contributed by atoms with Gasteiger partial charge in [-0.2, -0.15) is 5.10 Å². The Bertz CT molecular complexity index is 505. The fourth-order valence-electron chi connectivity index (χ4n) is 1.76. The van der Waals surface area contributed by atoms with Crippen LogP contribution in [0.1, 0.15) is 37.4 Å². The minimum absolute atomic E-state index is 0.167. The second-order valence-electron chi connectivity index (χ2n) is 4.43. The van der Waals surface area contributed by atoms with Crippen molar-refractivity contribution in [2.24, 2.45) is 5.73 Å². The van der Waals surface area contributed by atoms with Crippen molar-refractivity contribution in [3.05, 3.63) is 40.6 Å². The molecule has 96 valence electrons. The first-order chi connectivity index (χ1) is 8.58. The van der Waals surface area contributed by atoms with Gasteiger partial charge in [0.05, 0.1) is 11.7 Å². The highest BCUT2D eigenvalue weighted by atomic mass is 79.9. The van der Waals surface area contributed by atoms with E-state index >= 15 is 0 Å². The highest BCUT2D eigenvalue weighted by Gasteiger charge is 2.14. The number of nitrogens with two attached hydrogens (primary N) is 1. The van der Waals surface area contributed by atoms with E-state index in [0.29, 0.717) is 6.42 Å². The van der Waals surface area contributed by atoms with Gasteiger partial charge in [-0.1, -0.05) is 0 Å². The van der Waals surface area contributed by atoms with Gasteiger partial charge in [-0.05, 0) is 41.9 Å². The molecule has 1 unspecified atom stereocenters. The van der Waals surface area contributed by atoms with Crippen molar-refractivity contribution in [2.75, 3.05) is 0 Å². The van der Waals surface area contributed by atoms with Crippen LogP contribution in [0.5, 0.6) is 0 Å². The molecule has 18 heavy (non-hydrogen) atoms. The van der Waals surface area contributed by atoms with Gasteiger partial charge >= 0.3 is 0 Å². The molecule has 0 saturated carbocycles. The van der Waals surface area contributed by atoms with Crippen molar-refractivity contribution in [2.45, 2.75) is 32.4 Å². The summed E-state index contributed by atoms with van der Waals surface area (Å²) in [5, 5.41) is 4.20. The van der Waals surface area contributed by atoms with Crippen molar-refractivity contribution < 1.29 is 0 Å². The third kappa shape index (κ3) is 2.94. The number of pyridine rings is 1. The van der Waals surface area contributed by atoms with E-state index in [0.717, 1.165) is 16.0 Å². The van der Waals surface area contributed by atoms with Crippen LogP contribution in [0.25, 0.3) is 0 Å². The Hall–Kier alpha value is -1.27. The number of nitrogens with zero attached hydrogens (tertiary/aromatic N) is 4. The molecule has 1 atom stereocenters. The van der Waals surface area contributed by atoms with Gasteiger partial charge in [0.15, 0.2) is 0 Å². The van der Waals surface area contributed by atoms with E-state index in [1.165, 1.54) is 0 Å². The zero-order chi connectivity index (χ0) is 13.1. The smallest absolute Gasteiger partial charge is 0.138 e. The maximum Gasteiger partial charge on any atom is 0.138 e. The first-order valence-corrected chi connectivity index (χ1v) is 6.62. The van der Waals surface area contributed by atoms with Crippen molar-refractivity contribution in [3.8, 4) is 0 Å². The fourth-order valence-corrected chi connectivity index (χ4v) is 1.99. The van der Waals surface area contributed by atoms with Crippen LogP contribution >= 0.6 is 15.9 Å². The van der Waals surface area contributed by atoms with Crippen LogP contribution in [0.15, 0.2) is 29.1 Å². The quantitative estimate of drug-likeness (QED) is 0.940. The van der Waals surface area contributed by atoms with Gasteiger partial charge in [0, 0.05) is 23.1 Å². The van der Waals surface area contributed by atoms with E-state index in [-0.39, 0.29) is 12.1 Å². The lowest BCUT2D eigenvalue weighted by Crippen LogP contribution is -2.18. The van der Waals surface area contributed by atoms with Gasteiger partial charge in [-0.15, -0.1) is 0 Å². The molecule has 2 heterocycles. The SMILES string of the molecule is CC(C)n1ncnc1CC(N)c1ccc(Br)cn1. The van der Waals surface area contributed by atoms with Crippen LogP contribution in [-0.2, 0) is 6.42 Å². The Morgan fingerprint density at radius 2 is 2.11 bits per heavy atom. The number of rotatable bonds is 4. The zero-order valence-corrected chi connectivity index (χ0v) is 12.0. The molecule has 0 aliphatic carbocycles. The summed E-state index contributed by atoms with van der Waals surface area (Å²) in [4.78, 5) is 8.56. The minimum Gasteiger partial charge on any atom is -0.322 e. The monoisotopic (exact) mass is 309 g/mol. The third-order valence-corrected chi connectivity index (χ3v) is 3.14. The van der Waals surface area contributed by atoms with Gasteiger partial charge in [-0.25, -0.2) is 9.67 Å². The summed E-state index contributed by atoms with van der Waals surface area (Å²) in [6.07, 6.45) is 3.95. The molecule has 0 saturated heterocycles. The van der Waals surface area contributed by atoms with Crippen LogP contribution in [0, 0.1) is 0 Å². The zero-order valence-electron chi connectivity index (χ0n) is 10.4. The molecule has 0 bridgehead atoms. The first-order valence-electron chi connectivity index (χ1n) is 5.83. The summed E-state index contributed by atoms with van der Waals surface area (Å²) in [6.45, 7) is 4.14. The van der Waals surface area contributed by atoms with E-state index in [1.54, 1.807) is 12.5 Å². The van der Waals surface area contributed by atoms with Crippen molar-refractivity contribution >= 4 is 15.9 Å². The molecule has 6 heteroatoms. The molecule has 0 aliphatic rings. The van der Waals surface area contributed by atoms with Gasteiger partial charge in [0.2, 0.25) is 0 Å². The van der Waals surface area contributed by atoms with Crippen LogP contribution in [-0.4, -0.2) is 19.7 Å². The van der Waals surface area contributed by atoms with Crippen molar-refractivity contribution in [1.82, 2.24) is 19.7 Å². The average molecular weight is 310 g/mol. The number of hydrogen-bond acceptors (Lipinski definition) is 4. The normalized spacial score (nSPS) is 12.9. The van der Waals surface area contributed by atoms with Crippen LogP contribution in [0.2, 0.25) is 0 Å². The van der Waals surface area contributed by atoms with Crippen LogP contribution < -0.4 is 5.73 Å². The number of aromatic nitrogens is 4. The highest BCUT2D eigenvalue weighted by Crippen LogP contribution is 2.16. The average Bonchev–Trinajstić information content (AvgIpc) is 2.78. The lowest BCUT2D eigenvalue weighted by atomic mass is 10.1. The molecule has 0 radical (unpaired) electrons. The van der Waals surface area contributed by atoms with Crippen molar-refractivity contribution in [1.29, 1.82) is 0 Å². The maximum absolute atomic E-state index is 6.15. The molecule has 0 spiro atoms. The van der Waals surface area contributed by atoms with E-state index in [9.17, 15) is 0 Å².